The minimum absolute atomic E-state index is 0.259. The number of hydrogen-bond acceptors (Lipinski definition) is 6. The summed E-state index contributed by atoms with van der Waals surface area (Å²) in [7, 11) is 1.31. The van der Waals surface area contributed by atoms with E-state index in [1.54, 1.807) is 6.07 Å². The van der Waals surface area contributed by atoms with Gasteiger partial charge in [-0.1, -0.05) is 30.3 Å². The minimum atomic E-state index is -0.514. The lowest BCUT2D eigenvalue weighted by Crippen LogP contribution is -2.09. The van der Waals surface area contributed by atoms with Gasteiger partial charge >= 0.3 is 11.9 Å². The predicted octanol–water partition coefficient (Wildman–Crippen LogP) is 5.12. The molecule has 4 nitrogen and oxygen atoms in total. The Kier molecular flexibility index (Phi) is 3.99. The number of ether oxygens (including phenoxy) is 2. The van der Waals surface area contributed by atoms with Crippen LogP contribution in [-0.2, 0) is 4.74 Å². The highest BCUT2D eigenvalue weighted by atomic mass is 32.1. The lowest BCUT2D eigenvalue weighted by atomic mass is 10.2. The maximum absolute atomic E-state index is 12.6. The van der Waals surface area contributed by atoms with Crippen LogP contribution in [0.15, 0.2) is 54.6 Å². The van der Waals surface area contributed by atoms with Crippen LogP contribution in [0.5, 0.6) is 5.75 Å². The summed E-state index contributed by atoms with van der Waals surface area (Å²) in [6, 6.07) is 17.0. The van der Waals surface area contributed by atoms with Crippen molar-refractivity contribution in [3.63, 3.8) is 0 Å². The van der Waals surface area contributed by atoms with Gasteiger partial charge in [0.2, 0.25) is 0 Å². The number of carbonyl (C=O) groups excluding carboxylic acids is 2. The van der Waals surface area contributed by atoms with Gasteiger partial charge in [-0.05, 0) is 29.7 Å². The van der Waals surface area contributed by atoms with E-state index in [0.717, 1.165) is 20.2 Å². The van der Waals surface area contributed by atoms with Crippen LogP contribution in [0.1, 0.15) is 19.3 Å². The van der Waals surface area contributed by atoms with Gasteiger partial charge in [0.15, 0.2) is 10.6 Å². The van der Waals surface area contributed by atoms with Gasteiger partial charge in [-0.3, -0.25) is 0 Å². The van der Waals surface area contributed by atoms with Crippen molar-refractivity contribution in [2.24, 2.45) is 0 Å². The van der Waals surface area contributed by atoms with E-state index < -0.39 is 11.9 Å². The number of thiophene rings is 2. The average molecular weight is 368 g/mol. The summed E-state index contributed by atoms with van der Waals surface area (Å²) < 4.78 is 12.3. The molecule has 4 aromatic rings. The molecule has 2 aromatic carbocycles. The zero-order chi connectivity index (χ0) is 17.4. The summed E-state index contributed by atoms with van der Waals surface area (Å²) >= 11 is 2.62. The Morgan fingerprint density at radius 2 is 1.60 bits per heavy atom. The minimum Gasteiger partial charge on any atom is -0.465 e. The summed E-state index contributed by atoms with van der Waals surface area (Å²) in [6.45, 7) is 0. The maximum atomic E-state index is 12.6. The molecule has 0 amide bonds. The Morgan fingerprint density at radius 3 is 2.36 bits per heavy atom. The van der Waals surface area contributed by atoms with Gasteiger partial charge in [-0.2, -0.15) is 0 Å². The number of hydrogen-bond donors (Lipinski definition) is 0. The van der Waals surface area contributed by atoms with Gasteiger partial charge in [0.25, 0.3) is 0 Å². The van der Waals surface area contributed by atoms with Crippen LogP contribution in [0.25, 0.3) is 20.2 Å². The van der Waals surface area contributed by atoms with Gasteiger partial charge in [0.05, 0.1) is 7.11 Å². The summed E-state index contributed by atoms with van der Waals surface area (Å²) in [4.78, 5) is 25.5. The monoisotopic (exact) mass is 368 g/mol. The SMILES string of the molecule is COC(=O)c1sc2ccccc2c1OC(=O)c1cc2ccccc2s1. The third-order valence-electron chi connectivity index (χ3n) is 3.74. The molecule has 124 valence electrons. The Hall–Kier alpha value is -2.70. The van der Waals surface area contributed by atoms with E-state index in [-0.39, 0.29) is 10.6 Å². The fourth-order valence-corrected chi connectivity index (χ4v) is 4.56. The maximum Gasteiger partial charge on any atom is 0.353 e. The van der Waals surface area contributed by atoms with Crippen LogP contribution < -0.4 is 4.74 Å². The van der Waals surface area contributed by atoms with Crippen molar-refractivity contribution in [3.05, 3.63) is 64.4 Å². The van der Waals surface area contributed by atoms with Crippen LogP contribution in [0.2, 0.25) is 0 Å². The van der Waals surface area contributed by atoms with Gasteiger partial charge in [0.1, 0.15) is 4.88 Å². The molecule has 0 atom stereocenters. The number of carbonyl (C=O) groups is 2. The van der Waals surface area contributed by atoms with E-state index in [0.29, 0.717) is 4.88 Å². The Labute approximate surface area is 151 Å². The van der Waals surface area contributed by atoms with Crippen molar-refractivity contribution in [2.75, 3.05) is 7.11 Å². The molecule has 25 heavy (non-hydrogen) atoms. The van der Waals surface area contributed by atoms with E-state index in [1.807, 2.05) is 48.5 Å². The summed E-state index contributed by atoms with van der Waals surface area (Å²) in [6.07, 6.45) is 0. The number of fused-ring (bicyclic) bond motifs is 2. The van der Waals surface area contributed by atoms with Crippen molar-refractivity contribution in [1.82, 2.24) is 0 Å². The highest BCUT2D eigenvalue weighted by Gasteiger charge is 2.24. The largest absolute Gasteiger partial charge is 0.465 e. The molecular weight excluding hydrogens is 356 g/mol. The van der Waals surface area contributed by atoms with Crippen LogP contribution in [0.4, 0.5) is 0 Å². The third-order valence-corrected chi connectivity index (χ3v) is 5.97. The number of methoxy groups -OCH3 is 1. The lowest BCUT2D eigenvalue weighted by Gasteiger charge is -2.04. The Balaban J connectivity index is 1.76. The molecule has 0 fully saturated rings. The topological polar surface area (TPSA) is 52.6 Å². The molecule has 0 aliphatic carbocycles. The van der Waals surface area contributed by atoms with Crippen molar-refractivity contribution < 1.29 is 19.1 Å². The summed E-state index contributed by atoms with van der Waals surface area (Å²) in [5, 5.41) is 1.71. The first kappa shape index (κ1) is 15.8. The van der Waals surface area contributed by atoms with Crippen LogP contribution in [-0.4, -0.2) is 19.0 Å². The second-order valence-electron chi connectivity index (χ2n) is 5.29. The fraction of sp³-hybridized carbons (Fsp3) is 0.0526. The van der Waals surface area contributed by atoms with Crippen molar-refractivity contribution in [2.45, 2.75) is 0 Å². The van der Waals surface area contributed by atoms with E-state index >= 15 is 0 Å². The number of benzene rings is 2. The van der Waals surface area contributed by atoms with Gasteiger partial charge in [0, 0.05) is 14.8 Å². The van der Waals surface area contributed by atoms with E-state index in [2.05, 4.69) is 0 Å². The van der Waals surface area contributed by atoms with Crippen molar-refractivity contribution >= 4 is 54.8 Å². The number of rotatable bonds is 3. The van der Waals surface area contributed by atoms with Crippen molar-refractivity contribution in [3.8, 4) is 5.75 Å². The summed E-state index contributed by atoms with van der Waals surface area (Å²) in [5.41, 5.74) is 0. The second kappa shape index (κ2) is 6.31. The lowest BCUT2D eigenvalue weighted by molar-refractivity contribution is 0.0600. The molecule has 0 aliphatic heterocycles. The molecule has 2 heterocycles. The zero-order valence-corrected chi connectivity index (χ0v) is 14.8. The highest BCUT2D eigenvalue weighted by Crippen LogP contribution is 2.39. The molecule has 2 aromatic heterocycles. The molecule has 0 saturated carbocycles. The Morgan fingerprint density at radius 1 is 0.880 bits per heavy atom. The zero-order valence-electron chi connectivity index (χ0n) is 13.1. The van der Waals surface area contributed by atoms with Gasteiger partial charge in [-0.25, -0.2) is 9.59 Å². The first-order chi connectivity index (χ1) is 12.2. The predicted molar refractivity (Wildman–Crippen MR) is 99.9 cm³/mol. The molecule has 4 rings (SSSR count). The molecule has 0 N–H and O–H groups in total. The summed E-state index contributed by atoms with van der Waals surface area (Å²) in [5.74, 6) is -0.731. The Bertz CT molecular complexity index is 1070. The normalized spacial score (nSPS) is 10.9. The molecule has 0 bridgehead atoms. The average Bonchev–Trinajstić information content (AvgIpc) is 3.23. The standard InChI is InChI=1S/C19H12O4S2/c1-22-19(21)17-16(12-7-3-5-9-14(12)25-17)23-18(20)15-10-11-6-2-4-8-13(11)24-15/h2-10H,1H3. The molecular formula is C19H12O4S2. The molecule has 0 saturated heterocycles. The van der Waals surface area contributed by atoms with Crippen molar-refractivity contribution in [1.29, 1.82) is 0 Å². The molecule has 0 unspecified atom stereocenters. The number of esters is 2. The molecule has 0 aliphatic rings. The van der Waals surface area contributed by atoms with E-state index in [1.165, 1.54) is 29.8 Å². The smallest absolute Gasteiger partial charge is 0.353 e. The van der Waals surface area contributed by atoms with Crippen LogP contribution in [0.3, 0.4) is 0 Å². The highest BCUT2D eigenvalue weighted by molar-refractivity contribution is 7.21. The van der Waals surface area contributed by atoms with E-state index in [4.69, 9.17) is 9.47 Å². The third kappa shape index (κ3) is 2.79. The van der Waals surface area contributed by atoms with Gasteiger partial charge in [-0.15, -0.1) is 22.7 Å². The first-order valence-corrected chi connectivity index (χ1v) is 9.11. The molecule has 0 spiro atoms. The first-order valence-electron chi connectivity index (χ1n) is 7.48. The molecule has 6 heteroatoms. The van der Waals surface area contributed by atoms with Crippen LogP contribution >= 0.6 is 22.7 Å². The molecule has 0 radical (unpaired) electrons. The second-order valence-corrected chi connectivity index (χ2v) is 7.42. The quantitative estimate of drug-likeness (QED) is 0.471. The van der Waals surface area contributed by atoms with E-state index in [9.17, 15) is 9.59 Å². The van der Waals surface area contributed by atoms with Crippen LogP contribution in [0, 0.1) is 0 Å². The fourth-order valence-electron chi connectivity index (χ4n) is 2.58. The van der Waals surface area contributed by atoms with Gasteiger partial charge < -0.3 is 9.47 Å².